The van der Waals surface area contributed by atoms with Crippen LogP contribution in [0.3, 0.4) is 0 Å². The molecule has 90 valence electrons. The summed E-state index contributed by atoms with van der Waals surface area (Å²) in [4.78, 5) is 11.7. The molecule has 0 fully saturated rings. The van der Waals surface area contributed by atoms with Gasteiger partial charge in [-0.25, -0.2) is 0 Å². The third-order valence-electron chi connectivity index (χ3n) is 2.84. The lowest BCUT2D eigenvalue weighted by Crippen LogP contribution is -2.23. The second-order valence-corrected chi connectivity index (χ2v) is 4.78. The number of ketones is 1. The molecule has 17 heavy (non-hydrogen) atoms. The fraction of sp³-hybridized carbons (Fsp3) is 0.357. The highest BCUT2D eigenvalue weighted by atomic mass is 35.5. The third kappa shape index (κ3) is 3.10. The maximum absolute atomic E-state index is 11.7. The van der Waals surface area contributed by atoms with Crippen molar-refractivity contribution in [2.75, 3.05) is 0 Å². The zero-order valence-electron chi connectivity index (χ0n) is 9.73. The lowest BCUT2D eigenvalue weighted by molar-refractivity contribution is -0.115. The molecule has 1 heterocycles. The molecule has 0 N–H and O–H groups in total. The van der Waals surface area contributed by atoms with E-state index < -0.39 is 0 Å². The highest BCUT2D eigenvalue weighted by Crippen LogP contribution is 2.25. The largest absolute Gasteiger partial charge is 0.488 e. The van der Waals surface area contributed by atoms with Gasteiger partial charge in [0.25, 0.3) is 0 Å². The first-order valence-electron chi connectivity index (χ1n) is 5.77. The molecule has 0 amide bonds. The van der Waals surface area contributed by atoms with Crippen molar-refractivity contribution in [3.8, 4) is 0 Å². The van der Waals surface area contributed by atoms with Crippen LogP contribution in [0.2, 0.25) is 0 Å². The van der Waals surface area contributed by atoms with Gasteiger partial charge in [-0.3, -0.25) is 4.79 Å². The zero-order chi connectivity index (χ0) is 12.3. The van der Waals surface area contributed by atoms with Gasteiger partial charge in [0.05, 0.1) is 5.38 Å². The molecule has 0 spiro atoms. The molecule has 3 heteroatoms. The molecule has 0 saturated heterocycles. The van der Waals surface area contributed by atoms with Crippen LogP contribution in [0.4, 0.5) is 0 Å². The molecule has 0 saturated carbocycles. The van der Waals surface area contributed by atoms with Crippen LogP contribution >= 0.6 is 11.6 Å². The molecular weight excluding hydrogens is 236 g/mol. The van der Waals surface area contributed by atoms with E-state index in [4.69, 9.17) is 16.3 Å². The monoisotopic (exact) mass is 250 g/mol. The number of rotatable bonds is 1. The molecule has 1 aromatic rings. The number of ether oxygens (including phenoxy) is 1. The first-order chi connectivity index (χ1) is 8.16. The molecule has 0 radical (unpaired) electrons. The summed E-state index contributed by atoms with van der Waals surface area (Å²) in [5.41, 5.74) is 0.915. The van der Waals surface area contributed by atoms with Crippen LogP contribution in [0, 0.1) is 0 Å². The van der Waals surface area contributed by atoms with Gasteiger partial charge in [-0.05, 0) is 13.3 Å². The Hall–Kier alpha value is -1.28. The number of alkyl halides is 1. The van der Waals surface area contributed by atoms with Gasteiger partial charge in [-0.1, -0.05) is 30.3 Å². The van der Waals surface area contributed by atoms with E-state index in [2.05, 4.69) is 0 Å². The van der Waals surface area contributed by atoms with Crippen molar-refractivity contribution < 1.29 is 9.53 Å². The Labute approximate surface area is 106 Å². The Morgan fingerprint density at radius 1 is 1.29 bits per heavy atom. The van der Waals surface area contributed by atoms with Crippen LogP contribution in [0.15, 0.2) is 36.4 Å². The summed E-state index contributed by atoms with van der Waals surface area (Å²) >= 11 is 6.16. The summed E-state index contributed by atoms with van der Waals surface area (Å²) in [6.45, 7) is 1.93. The fourth-order valence-electron chi connectivity index (χ4n) is 1.80. The smallest absolute Gasteiger partial charge is 0.159 e. The second kappa shape index (κ2) is 5.37. The molecule has 0 unspecified atom stereocenters. The first-order valence-corrected chi connectivity index (χ1v) is 6.21. The Kier molecular flexibility index (Phi) is 3.85. The molecule has 0 bridgehead atoms. The van der Waals surface area contributed by atoms with Crippen LogP contribution in [-0.4, -0.2) is 17.3 Å². The third-order valence-corrected chi connectivity index (χ3v) is 3.41. The average molecular weight is 251 g/mol. The number of carbonyl (C=O) groups excluding carboxylic acids is 1. The van der Waals surface area contributed by atoms with Crippen molar-refractivity contribution in [3.63, 3.8) is 0 Å². The van der Waals surface area contributed by atoms with Crippen LogP contribution in [0.1, 0.15) is 25.3 Å². The van der Waals surface area contributed by atoms with Crippen LogP contribution in [0.5, 0.6) is 0 Å². The Morgan fingerprint density at radius 3 is 2.71 bits per heavy atom. The van der Waals surface area contributed by atoms with E-state index in [9.17, 15) is 4.79 Å². The first kappa shape index (κ1) is 12.2. The lowest BCUT2D eigenvalue weighted by Gasteiger charge is -2.23. The minimum absolute atomic E-state index is 0.0707. The topological polar surface area (TPSA) is 26.3 Å². The van der Waals surface area contributed by atoms with E-state index in [1.54, 1.807) is 6.08 Å². The van der Waals surface area contributed by atoms with Gasteiger partial charge >= 0.3 is 0 Å². The van der Waals surface area contributed by atoms with E-state index in [0.717, 1.165) is 5.56 Å². The van der Waals surface area contributed by atoms with Crippen LogP contribution in [0.25, 0.3) is 5.76 Å². The predicted octanol–water partition coefficient (Wildman–Crippen LogP) is 3.40. The average Bonchev–Trinajstić information content (AvgIpc) is 2.34. The molecule has 2 nitrogen and oxygen atoms in total. The molecule has 2 rings (SSSR count). The summed E-state index contributed by atoms with van der Waals surface area (Å²) < 4.78 is 5.77. The molecule has 1 aliphatic heterocycles. The van der Waals surface area contributed by atoms with Gasteiger partial charge in [0.2, 0.25) is 0 Å². The molecular formula is C14H15ClO2. The molecule has 2 atom stereocenters. The van der Waals surface area contributed by atoms with Gasteiger partial charge in [-0.15, -0.1) is 11.6 Å². The van der Waals surface area contributed by atoms with Crippen LogP contribution < -0.4 is 0 Å². The normalized spacial score (nSPS) is 28.6. The highest BCUT2D eigenvalue weighted by molar-refractivity contribution is 6.21. The van der Waals surface area contributed by atoms with Gasteiger partial charge in [-0.2, -0.15) is 0 Å². The summed E-state index contributed by atoms with van der Waals surface area (Å²) in [7, 11) is 0. The number of benzene rings is 1. The van der Waals surface area contributed by atoms with Crippen molar-refractivity contribution in [2.24, 2.45) is 0 Å². The SMILES string of the molecule is C[C@@H]1O/C(c2ccccc2)=C\C(=O)CC[C@H]1Cl. The molecule has 1 aliphatic rings. The fourth-order valence-corrected chi connectivity index (χ4v) is 1.96. The number of carbonyl (C=O) groups is 1. The predicted molar refractivity (Wildman–Crippen MR) is 68.8 cm³/mol. The number of halogens is 1. The van der Waals surface area contributed by atoms with Gasteiger partial charge in [0.1, 0.15) is 11.9 Å². The number of hydrogen-bond donors (Lipinski definition) is 0. The maximum Gasteiger partial charge on any atom is 0.159 e. The summed E-state index contributed by atoms with van der Waals surface area (Å²) in [6.07, 6.45) is 2.64. The quantitative estimate of drug-likeness (QED) is 0.714. The maximum atomic E-state index is 11.7. The summed E-state index contributed by atoms with van der Waals surface area (Å²) in [6, 6.07) is 9.63. The van der Waals surface area contributed by atoms with Crippen molar-refractivity contribution in [3.05, 3.63) is 42.0 Å². The van der Waals surface area contributed by atoms with Gasteiger partial charge in [0, 0.05) is 18.1 Å². The molecule has 1 aromatic carbocycles. The lowest BCUT2D eigenvalue weighted by atomic mass is 10.0. The van der Waals surface area contributed by atoms with Gasteiger partial charge < -0.3 is 4.74 Å². The van der Waals surface area contributed by atoms with Crippen molar-refractivity contribution in [1.29, 1.82) is 0 Å². The van der Waals surface area contributed by atoms with Crippen LogP contribution in [-0.2, 0) is 9.53 Å². The highest BCUT2D eigenvalue weighted by Gasteiger charge is 2.21. The second-order valence-electron chi connectivity index (χ2n) is 4.22. The summed E-state index contributed by atoms with van der Waals surface area (Å²) in [5, 5.41) is -0.119. The van der Waals surface area contributed by atoms with E-state index in [-0.39, 0.29) is 17.3 Å². The zero-order valence-corrected chi connectivity index (χ0v) is 10.5. The standard InChI is InChI=1S/C14H15ClO2/c1-10-13(15)8-7-12(16)9-14(17-10)11-5-3-2-4-6-11/h2-6,9-10,13H,7-8H2,1H3/b14-9-/t10-,13+/m0/s1. The van der Waals surface area contributed by atoms with Crippen molar-refractivity contribution in [2.45, 2.75) is 31.2 Å². The summed E-state index contributed by atoms with van der Waals surface area (Å²) in [5.74, 6) is 0.690. The molecule has 0 aromatic heterocycles. The Morgan fingerprint density at radius 2 is 2.00 bits per heavy atom. The molecule has 0 aliphatic carbocycles. The van der Waals surface area contributed by atoms with Gasteiger partial charge in [0.15, 0.2) is 5.78 Å². The van der Waals surface area contributed by atoms with E-state index in [1.165, 1.54) is 0 Å². The minimum atomic E-state index is -0.119. The number of hydrogen-bond acceptors (Lipinski definition) is 2. The van der Waals surface area contributed by atoms with Crippen molar-refractivity contribution in [1.82, 2.24) is 0 Å². The van der Waals surface area contributed by atoms with E-state index >= 15 is 0 Å². The van der Waals surface area contributed by atoms with E-state index in [1.807, 2.05) is 37.3 Å². The van der Waals surface area contributed by atoms with Crippen molar-refractivity contribution >= 4 is 23.1 Å². The minimum Gasteiger partial charge on any atom is -0.488 e. The number of allylic oxidation sites excluding steroid dienone is 1. The van der Waals surface area contributed by atoms with E-state index in [0.29, 0.717) is 18.6 Å². The Bertz CT molecular complexity index is 425. The Balaban J connectivity index is 2.30.